The number of aliphatic hydroxyl groups is 1. The van der Waals surface area contributed by atoms with Crippen LogP contribution in [0.1, 0.15) is 226 Å². The lowest BCUT2D eigenvalue weighted by molar-refractivity contribution is -0.160. The number of esters is 3. The Kier molecular flexibility index (Phi) is 48.0. The molecule has 0 spiro atoms. The monoisotopic (exact) mass is 977 g/mol. The van der Waals surface area contributed by atoms with Crippen LogP contribution in [0.4, 0.5) is 0 Å². The van der Waals surface area contributed by atoms with Gasteiger partial charge in [-0.25, -0.2) is 4.57 Å². The third kappa shape index (κ3) is 48.0. The summed E-state index contributed by atoms with van der Waals surface area (Å²) in [5.74, 6) is -1.63. The van der Waals surface area contributed by atoms with Crippen molar-refractivity contribution in [3.63, 3.8) is 0 Å². The molecule has 0 aliphatic carbocycles. The van der Waals surface area contributed by atoms with E-state index in [2.05, 4.69) is 69.4 Å². The fourth-order valence-corrected chi connectivity index (χ4v) is 7.84. The van der Waals surface area contributed by atoms with E-state index in [0.717, 1.165) is 83.5 Å². The van der Waals surface area contributed by atoms with Gasteiger partial charge in [0.15, 0.2) is 6.10 Å². The lowest BCUT2D eigenvalue weighted by Gasteiger charge is -2.21. The molecule has 0 aromatic heterocycles. The van der Waals surface area contributed by atoms with E-state index in [1.165, 1.54) is 83.5 Å². The van der Waals surface area contributed by atoms with Gasteiger partial charge in [-0.2, -0.15) is 0 Å². The quantitative estimate of drug-likeness (QED) is 0.0197. The molecule has 0 fully saturated rings. The molecule has 3 atom stereocenters. The van der Waals surface area contributed by atoms with E-state index in [4.69, 9.17) is 23.3 Å². The molecule has 3 unspecified atom stereocenters. The highest BCUT2D eigenvalue weighted by Crippen LogP contribution is 2.43. The van der Waals surface area contributed by atoms with Gasteiger partial charge in [-0.1, -0.05) is 216 Å². The minimum Gasteiger partial charge on any atom is -0.462 e. The second-order valence-electron chi connectivity index (χ2n) is 17.7. The maximum absolute atomic E-state index is 12.8. The van der Waals surface area contributed by atoms with Gasteiger partial charge < -0.3 is 24.2 Å². The van der Waals surface area contributed by atoms with E-state index >= 15 is 0 Å². The Morgan fingerprint density at radius 2 is 0.838 bits per heavy atom. The summed E-state index contributed by atoms with van der Waals surface area (Å²) in [7, 11) is -4.77. The lowest BCUT2D eigenvalue weighted by Crippen LogP contribution is -2.30. The first-order valence-electron chi connectivity index (χ1n) is 26.8. The number of carbonyl (C=O) groups excluding carboxylic acids is 3. The number of aliphatic hydroxyl groups excluding tert-OH is 1. The number of hydrogen-bond donors (Lipinski definition) is 2. The number of ether oxygens (including phenoxy) is 3. The minimum absolute atomic E-state index is 0.0667. The first kappa shape index (κ1) is 64.9. The molecule has 0 aromatic rings. The maximum Gasteiger partial charge on any atom is 0.472 e. The Hall–Kier alpha value is -3.08. The Labute approximate surface area is 414 Å². The topological polar surface area (TPSA) is 155 Å². The van der Waals surface area contributed by atoms with Crippen molar-refractivity contribution >= 4 is 25.7 Å². The zero-order valence-corrected chi connectivity index (χ0v) is 43.9. The van der Waals surface area contributed by atoms with Crippen LogP contribution in [0.25, 0.3) is 0 Å². The van der Waals surface area contributed by atoms with E-state index in [1.54, 1.807) is 6.08 Å². The van der Waals surface area contributed by atoms with Crippen LogP contribution in [-0.2, 0) is 42.2 Å². The standard InChI is InChI=1S/C56H97O11P/c1-4-7-10-13-16-19-22-24-26-28-31-34-37-40-43-46-55(59)66-52(48-57)50-64-68(61,62)65-51-53(49-63-54(58)45-42-39-36-33-30-21-18-15-12-9-6-3)67-56(60)47-44-41-38-35-32-29-27-25-23-20-17-14-11-8-5-2/h8,11,15,17-18,20,25,27,32,35,41,44,52-53,57H,4-7,9-10,12-14,16,19,21-24,26,28-31,33-34,36-40,42-43,45-51H2,1-3H3,(H,61,62)/b11-8-,18-15-,20-17-,27-25-,35-32-,44-41-. The average Bonchev–Trinajstić information content (AvgIpc) is 3.32. The smallest absolute Gasteiger partial charge is 0.462 e. The second kappa shape index (κ2) is 50.3. The van der Waals surface area contributed by atoms with Crippen molar-refractivity contribution in [2.75, 3.05) is 26.4 Å². The highest BCUT2D eigenvalue weighted by molar-refractivity contribution is 7.47. The van der Waals surface area contributed by atoms with Gasteiger partial charge in [-0.15, -0.1) is 0 Å². The number of carbonyl (C=O) groups is 3. The van der Waals surface area contributed by atoms with Crippen molar-refractivity contribution < 1.29 is 52.2 Å². The summed E-state index contributed by atoms with van der Waals surface area (Å²) in [4.78, 5) is 48.3. The molecule has 68 heavy (non-hydrogen) atoms. The van der Waals surface area contributed by atoms with Crippen molar-refractivity contribution in [2.45, 2.75) is 238 Å². The van der Waals surface area contributed by atoms with Crippen molar-refractivity contribution in [3.05, 3.63) is 72.9 Å². The van der Waals surface area contributed by atoms with Gasteiger partial charge in [0.05, 0.1) is 26.2 Å². The lowest BCUT2D eigenvalue weighted by atomic mass is 10.0. The summed E-state index contributed by atoms with van der Waals surface area (Å²) >= 11 is 0. The molecule has 0 amide bonds. The zero-order chi connectivity index (χ0) is 49.9. The minimum atomic E-state index is -4.77. The molecule has 0 saturated carbocycles. The van der Waals surface area contributed by atoms with E-state index < -0.39 is 57.8 Å². The van der Waals surface area contributed by atoms with Gasteiger partial charge in [0, 0.05) is 12.8 Å². The number of hydrogen-bond acceptors (Lipinski definition) is 10. The fourth-order valence-electron chi connectivity index (χ4n) is 7.06. The SMILES string of the molecule is CC/C=C\C/C=C\C/C=C\C/C=C\C/C=C\CC(=O)OC(COC(=O)CCCCCCC/C=C\CCCC)COP(=O)(O)OCC(CO)OC(=O)CCCCCCCCCCCCCCCCC. The predicted octanol–water partition coefficient (Wildman–Crippen LogP) is 15.4. The van der Waals surface area contributed by atoms with Crippen molar-refractivity contribution in [2.24, 2.45) is 0 Å². The fraction of sp³-hybridized carbons (Fsp3) is 0.732. The van der Waals surface area contributed by atoms with E-state index in [0.29, 0.717) is 19.3 Å². The van der Waals surface area contributed by atoms with Crippen molar-refractivity contribution in [1.29, 1.82) is 0 Å². The molecule has 0 bridgehead atoms. The molecule has 0 rings (SSSR count). The molecule has 0 radical (unpaired) electrons. The third-order valence-corrected chi connectivity index (χ3v) is 12.1. The van der Waals surface area contributed by atoms with E-state index in [1.807, 2.05) is 18.2 Å². The molecular weight excluding hydrogens is 880 g/mol. The van der Waals surface area contributed by atoms with E-state index in [9.17, 15) is 28.9 Å². The van der Waals surface area contributed by atoms with Gasteiger partial charge in [0.25, 0.3) is 0 Å². The Morgan fingerprint density at radius 1 is 0.441 bits per heavy atom. The second-order valence-corrected chi connectivity index (χ2v) is 19.1. The molecule has 11 nitrogen and oxygen atoms in total. The molecule has 0 aromatic carbocycles. The molecule has 392 valence electrons. The van der Waals surface area contributed by atoms with Gasteiger partial charge in [0.2, 0.25) is 0 Å². The van der Waals surface area contributed by atoms with Crippen LogP contribution in [-0.4, -0.2) is 66.5 Å². The zero-order valence-electron chi connectivity index (χ0n) is 43.1. The maximum atomic E-state index is 12.8. The number of rotatable bonds is 49. The van der Waals surface area contributed by atoms with Gasteiger partial charge >= 0.3 is 25.7 Å². The average molecular weight is 977 g/mol. The Bertz CT molecular complexity index is 1420. The van der Waals surface area contributed by atoms with Crippen LogP contribution in [0.2, 0.25) is 0 Å². The molecule has 0 aliphatic rings. The van der Waals surface area contributed by atoms with Gasteiger partial charge in [-0.3, -0.25) is 23.4 Å². The summed E-state index contributed by atoms with van der Waals surface area (Å²) in [6.45, 7) is 4.37. The molecule has 12 heteroatoms. The highest BCUT2D eigenvalue weighted by atomic mass is 31.2. The summed E-state index contributed by atoms with van der Waals surface area (Å²) in [5.41, 5.74) is 0. The first-order valence-corrected chi connectivity index (χ1v) is 28.3. The van der Waals surface area contributed by atoms with Crippen LogP contribution < -0.4 is 0 Å². The number of allylic oxidation sites excluding steroid dienone is 11. The molecular formula is C56H97O11P. The normalized spacial score (nSPS) is 14.0. The summed E-state index contributed by atoms with van der Waals surface area (Å²) in [6.07, 6.45) is 54.7. The highest BCUT2D eigenvalue weighted by Gasteiger charge is 2.28. The number of unbranched alkanes of at least 4 members (excludes halogenated alkanes) is 21. The number of phosphoric ester groups is 1. The molecule has 0 saturated heterocycles. The molecule has 0 aliphatic heterocycles. The predicted molar refractivity (Wildman–Crippen MR) is 279 cm³/mol. The largest absolute Gasteiger partial charge is 0.472 e. The summed E-state index contributed by atoms with van der Waals surface area (Å²) < 4.78 is 39.2. The first-order chi connectivity index (χ1) is 33.2. The number of phosphoric acid groups is 1. The van der Waals surface area contributed by atoms with Crippen molar-refractivity contribution in [3.8, 4) is 0 Å². The van der Waals surface area contributed by atoms with Crippen molar-refractivity contribution in [1.82, 2.24) is 0 Å². The third-order valence-electron chi connectivity index (χ3n) is 11.1. The summed E-state index contributed by atoms with van der Waals surface area (Å²) in [5, 5.41) is 9.79. The Balaban J connectivity index is 4.80. The van der Waals surface area contributed by atoms with Crippen LogP contribution in [0.3, 0.4) is 0 Å². The summed E-state index contributed by atoms with van der Waals surface area (Å²) in [6, 6.07) is 0. The van der Waals surface area contributed by atoms with E-state index in [-0.39, 0.29) is 25.9 Å². The molecule has 0 heterocycles. The van der Waals surface area contributed by atoms with Gasteiger partial charge in [0.1, 0.15) is 12.7 Å². The van der Waals surface area contributed by atoms with Gasteiger partial charge in [-0.05, 0) is 64.2 Å². The van der Waals surface area contributed by atoms with Crippen LogP contribution in [0.15, 0.2) is 72.9 Å². The Morgan fingerprint density at radius 3 is 1.32 bits per heavy atom. The van der Waals surface area contributed by atoms with Crippen LogP contribution in [0.5, 0.6) is 0 Å². The van der Waals surface area contributed by atoms with Crippen LogP contribution in [0, 0.1) is 0 Å². The molecule has 2 N–H and O–H groups in total. The van der Waals surface area contributed by atoms with Crippen LogP contribution >= 0.6 is 7.82 Å².